The van der Waals surface area contributed by atoms with Crippen LogP contribution in [-0.2, 0) is 14.3 Å². The van der Waals surface area contributed by atoms with Gasteiger partial charge in [0.2, 0.25) is 0 Å². The van der Waals surface area contributed by atoms with E-state index in [-0.39, 0.29) is 12.1 Å². The van der Waals surface area contributed by atoms with Crippen molar-refractivity contribution in [3.05, 3.63) is 0 Å². The van der Waals surface area contributed by atoms with Crippen LogP contribution in [0.1, 0.15) is 157 Å². The summed E-state index contributed by atoms with van der Waals surface area (Å²) in [6.07, 6.45) is 23.8. The fourth-order valence-corrected chi connectivity index (χ4v) is 5.72. The molecule has 0 heterocycles. The second-order valence-corrected chi connectivity index (χ2v) is 12.5. The van der Waals surface area contributed by atoms with Crippen molar-refractivity contribution in [3.63, 3.8) is 0 Å². The molecule has 224 valence electrons. The molecular formula is C33H63NO4. The number of unbranched alkanes of at least 4 members (excludes halogenated alkanes) is 15. The van der Waals surface area contributed by atoms with Gasteiger partial charge in [-0.25, -0.2) is 9.59 Å². The highest BCUT2D eigenvalue weighted by atomic mass is 16.6. The Bertz CT molecular complexity index is 608. The van der Waals surface area contributed by atoms with E-state index in [1.165, 1.54) is 101 Å². The van der Waals surface area contributed by atoms with Gasteiger partial charge in [-0.05, 0) is 43.9 Å². The van der Waals surface area contributed by atoms with Crippen LogP contribution in [-0.4, -0.2) is 42.8 Å². The summed E-state index contributed by atoms with van der Waals surface area (Å²) >= 11 is 0. The Kier molecular flexibility index (Phi) is 19.7. The van der Waals surface area contributed by atoms with E-state index in [1.807, 2.05) is 0 Å². The molecular weight excluding hydrogens is 474 g/mol. The number of esters is 1. The predicted molar refractivity (Wildman–Crippen MR) is 159 cm³/mol. The summed E-state index contributed by atoms with van der Waals surface area (Å²) in [5.74, 6) is 1.09. The molecule has 0 radical (unpaired) electrons. The fraction of sp³-hybridized carbons (Fsp3) is 0.939. The SMILES string of the molecule is CCCCCCCCCCCCCCCCCCOC(=O)C(C)N(C)C(=O)OC1CC(C)CCC1C(C)C. The van der Waals surface area contributed by atoms with Crippen LogP contribution in [0.4, 0.5) is 4.79 Å². The molecule has 4 atom stereocenters. The lowest BCUT2D eigenvalue weighted by Crippen LogP contribution is -2.45. The average Bonchev–Trinajstić information content (AvgIpc) is 2.89. The zero-order chi connectivity index (χ0) is 28.2. The van der Waals surface area contributed by atoms with Crippen molar-refractivity contribution in [1.82, 2.24) is 4.90 Å². The molecule has 1 saturated carbocycles. The van der Waals surface area contributed by atoms with Crippen LogP contribution in [0.5, 0.6) is 0 Å². The van der Waals surface area contributed by atoms with Gasteiger partial charge in [0.05, 0.1) is 6.61 Å². The highest BCUT2D eigenvalue weighted by molar-refractivity contribution is 5.80. The maximum atomic E-state index is 12.8. The average molecular weight is 538 g/mol. The first-order valence-electron chi connectivity index (χ1n) is 16.4. The largest absolute Gasteiger partial charge is 0.464 e. The molecule has 4 unspecified atom stereocenters. The number of hydrogen-bond acceptors (Lipinski definition) is 4. The van der Waals surface area contributed by atoms with Crippen molar-refractivity contribution in [2.75, 3.05) is 13.7 Å². The van der Waals surface area contributed by atoms with Crippen LogP contribution in [0.25, 0.3) is 0 Å². The summed E-state index contributed by atoms with van der Waals surface area (Å²) in [6.45, 7) is 11.0. The second kappa shape index (κ2) is 21.5. The van der Waals surface area contributed by atoms with Crippen molar-refractivity contribution in [2.24, 2.45) is 17.8 Å². The number of hydrogen-bond donors (Lipinski definition) is 0. The van der Waals surface area contributed by atoms with Crippen molar-refractivity contribution in [1.29, 1.82) is 0 Å². The zero-order valence-corrected chi connectivity index (χ0v) is 26.1. The highest BCUT2D eigenvalue weighted by Gasteiger charge is 2.35. The van der Waals surface area contributed by atoms with E-state index >= 15 is 0 Å². The van der Waals surface area contributed by atoms with Crippen LogP contribution in [0.2, 0.25) is 0 Å². The predicted octanol–water partition coefficient (Wildman–Crippen LogP) is 9.71. The van der Waals surface area contributed by atoms with Crippen molar-refractivity contribution >= 4 is 12.1 Å². The van der Waals surface area contributed by atoms with E-state index in [1.54, 1.807) is 14.0 Å². The summed E-state index contributed by atoms with van der Waals surface area (Å²) in [5.41, 5.74) is 0. The monoisotopic (exact) mass is 537 g/mol. The fourth-order valence-electron chi connectivity index (χ4n) is 5.72. The third kappa shape index (κ3) is 15.4. The molecule has 0 aromatic rings. The first-order chi connectivity index (χ1) is 18.3. The minimum atomic E-state index is -0.637. The lowest BCUT2D eigenvalue weighted by atomic mass is 9.75. The molecule has 1 rings (SSSR count). The van der Waals surface area contributed by atoms with Gasteiger partial charge in [0.1, 0.15) is 12.1 Å². The number of ether oxygens (including phenoxy) is 2. The van der Waals surface area contributed by atoms with E-state index in [2.05, 4.69) is 27.7 Å². The Hall–Kier alpha value is -1.26. The van der Waals surface area contributed by atoms with Crippen LogP contribution in [0, 0.1) is 17.8 Å². The van der Waals surface area contributed by atoms with Crippen LogP contribution >= 0.6 is 0 Å². The molecule has 5 heteroatoms. The normalized spacial score (nSPS) is 20.3. The van der Waals surface area contributed by atoms with Gasteiger partial charge in [-0.3, -0.25) is 4.90 Å². The molecule has 0 spiro atoms. The molecule has 0 aliphatic heterocycles. The minimum absolute atomic E-state index is 0.0676. The van der Waals surface area contributed by atoms with Gasteiger partial charge in [-0.1, -0.05) is 130 Å². The van der Waals surface area contributed by atoms with Crippen molar-refractivity contribution in [3.8, 4) is 0 Å². The minimum Gasteiger partial charge on any atom is -0.464 e. The third-order valence-corrected chi connectivity index (χ3v) is 8.67. The maximum Gasteiger partial charge on any atom is 0.410 e. The van der Waals surface area contributed by atoms with Gasteiger partial charge in [-0.2, -0.15) is 0 Å². The smallest absolute Gasteiger partial charge is 0.410 e. The Morgan fingerprint density at radius 3 is 1.71 bits per heavy atom. The lowest BCUT2D eigenvalue weighted by molar-refractivity contribution is -0.148. The van der Waals surface area contributed by atoms with E-state index < -0.39 is 12.1 Å². The first kappa shape index (κ1) is 34.8. The number of carbonyl (C=O) groups is 2. The molecule has 5 nitrogen and oxygen atoms in total. The quantitative estimate of drug-likeness (QED) is 0.108. The van der Waals surface area contributed by atoms with Gasteiger partial charge >= 0.3 is 12.1 Å². The lowest BCUT2D eigenvalue weighted by Gasteiger charge is -2.37. The van der Waals surface area contributed by atoms with Gasteiger partial charge in [0.25, 0.3) is 0 Å². The summed E-state index contributed by atoms with van der Waals surface area (Å²) in [4.78, 5) is 26.7. The highest BCUT2D eigenvalue weighted by Crippen LogP contribution is 2.35. The number of nitrogens with zero attached hydrogens (tertiary/aromatic N) is 1. The zero-order valence-electron chi connectivity index (χ0n) is 26.1. The summed E-state index contributed by atoms with van der Waals surface area (Å²) in [7, 11) is 1.64. The number of rotatable bonds is 21. The first-order valence-corrected chi connectivity index (χ1v) is 16.4. The Morgan fingerprint density at radius 2 is 1.24 bits per heavy atom. The summed E-state index contributed by atoms with van der Waals surface area (Å²) in [5, 5.41) is 0. The van der Waals surface area contributed by atoms with Gasteiger partial charge in [0, 0.05) is 7.05 Å². The van der Waals surface area contributed by atoms with Crippen LogP contribution < -0.4 is 0 Å². The number of amides is 1. The molecule has 1 amide bonds. The van der Waals surface area contributed by atoms with Crippen molar-refractivity contribution in [2.45, 2.75) is 169 Å². The molecule has 0 N–H and O–H groups in total. The Morgan fingerprint density at radius 1 is 0.763 bits per heavy atom. The number of likely N-dealkylation sites (N-methyl/N-ethyl adjacent to an activating group) is 1. The second-order valence-electron chi connectivity index (χ2n) is 12.5. The molecule has 0 aromatic carbocycles. The van der Waals surface area contributed by atoms with E-state index in [0.717, 1.165) is 25.7 Å². The van der Waals surface area contributed by atoms with E-state index in [4.69, 9.17) is 9.47 Å². The molecule has 1 aliphatic rings. The molecule has 1 fully saturated rings. The topological polar surface area (TPSA) is 55.8 Å². The summed E-state index contributed by atoms with van der Waals surface area (Å²) in [6, 6.07) is -0.637. The molecule has 38 heavy (non-hydrogen) atoms. The maximum absolute atomic E-state index is 12.8. The molecule has 0 saturated heterocycles. The standard InChI is InChI=1S/C33H63NO4/c1-7-8-9-10-11-12-13-14-15-16-17-18-19-20-21-22-25-37-32(35)29(5)34(6)33(36)38-31-26-28(4)23-24-30(31)27(2)3/h27-31H,7-26H2,1-6H3. The van der Waals surface area contributed by atoms with Crippen LogP contribution in [0.3, 0.4) is 0 Å². The van der Waals surface area contributed by atoms with Crippen molar-refractivity contribution < 1.29 is 19.1 Å². The third-order valence-electron chi connectivity index (χ3n) is 8.67. The number of carbonyl (C=O) groups excluding carboxylic acids is 2. The summed E-state index contributed by atoms with van der Waals surface area (Å²) < 4.78 is 11.4. The van der Waals surface area contributed by atoms with Gasteiger partial charge < -0.3 is 9.47 Å². The molecule has 1 aliphatic carbocycles. The van der Waals surface area contributed by atoms with E-state index in [9.17, 15) is 9.59 Å². The Balaban J connectivity index is 2.04. The Labute approximate surface area is 236 Å². The van der Waals surface area contributed by atoms with Gasteiger partial charge in [0.15, 0.2) is 0 Å². The van der Waals surface area contributed by atoms with Gasteiger partial charge in [-0.15, -0.1) is 0 Å². The van der Waals surface area contributed by atoms with Crippen LogP contribution in [0.15, 0.2) is 0 Å². The molecule has 0 aromatic heterocycles. The van der Waals surface area contributed by atoms with E-state index in [0.29, 0.717) is 24.4 Å². The molecule has 0 bridgehead atoms.